The zero-order chi connectivity index (χ0) is 14.8. The molecule has 0 aromatic heterocycles. The maximum absolute atomic E-state index is 12.3. The third-order valence-corrected chi connectivity index (χ3v) is 5.40. The molecule has 4 heteroatoms. The zero-order valence-electron chi connectivity index (χ0n) is 11.5. The first-order valence-corrected chi connectivity index (χ1v) is 8.76. The van der Waals surface area contributed by atoms with Crippen LogP contribution in [0.3, 0.4) is 0 Å². The van der Waals surface area contributed by atoms with Gasteiger partial charge in [0, 0.05) is 22.6 Å². The van der Waals surface area contributed by atoms with Crippen LogP contribution in [0, 0.1) is 9.85 Å². The van der Waals surface area contributed by atoms with E-state index in [1.54, 1.807) is 11.8 Å². The molecular weight excluding hydrogens is 393 g/mol. The highest BCUT2D eigenvalue weighted by atomic mass is 127. The Hall–Kier alpha value is -1.19. The molecule has 2 aromatic rings. The summed E-state index contributed by atoms with van der Waals surface area (Å²) in [5.74, 6) is 3.18. The molecule has 2 atom stereocenters. The molecule has 1 amide bonds. The average Bonchev–Trinajstić information content (AvgIpc) is 2.80. The van der Waals surface area contributed by atoms with Gasteiger partial charge in [0.25, 0.3) is 0 Å². The van der Waals surface area contributed by atoms with Gasteiger partial charge in [0.1, 0.15) is 5.37 Å². The van der Waals surface area contributed by atoms with Crippen molar-refractivity contribution in [1.29, 1.82) is 0 Å². The summed E-state index contributed by atoms with van der Waals surface area (Å²) in [5.41, 5.74) is 1.17. The van der Waals surface area contributed by atoms with E-state index in [1.807, 2.05) is 46.5 Å². The zero-order valence-corrected chi connectivity index (χ0v) is 14.5. The largest absolute Gasteiger partial charge is 0.314 e. The molecule has 0 bridgehead atoms. The van der Waals surface area contributed by atoms with Crippen LogP contribution in [0.1, 0.15) is 17.9 Å². The number of benzene rings is 2. The lowest BCUT2D eigenvalue weighted by atomic mass is 10.1. The quantitative estimate of drug-likeness (QED) is 0.550. The van der Waals surface area contributed by atoms with Gasteiger partial charge in [-0.05, 0) is 33.3 Å². The number of carbonyl (C=O) groups excluding carboxylic acids is 1. The van der Waals surface area contributed by atoms with E-state index in [0.29, 0.717) is 6.54 Å². The number of rotatable bonds is 2. The number of hydrogen-bond acceptors (Lipinski definition) is 2. The number of fused-ring (bicyclic) bond motifs is 1. The number of amides is 1. The van der Waals surface area contributed by atoms with E-state index in [-0.39, 0.29) is 16.5 Å². The maximum Gasteiger partial charge on any atom is 0.237 e. The van der Waals surface area contributed by atoms with Gasteiger partial charge in [0.05, 0.1) is 11.8 Å². The summed E-state index contributed by atoms with van der Waals surface area (Å²) in [5, 5.41) is 2.50. The van der Waals surface area contributed by atoms with Crippen LogP contribution in [0.2, 0.25) is 0 Å². The topological polar surface area (TPSA) is 20.3 Å². The Morgan fingerprint density at radius 3 is 2.76 bits per heavy atom. The van der Waals surface area contributed by atoms with Crippen LogP contribution in [-0.2, 0) is 4.79 Å². The fourth-order valence-electron chi connectivity index (χ4n) is 2.57. The standard InChI is InChI=1S/C17H14INOS/c1-12-16(20)19(10-4-9-18)17(21-12)15-8-7-13-5-2-3-6-14(13)11-15/h2-3,5-8,11-12,17H,10H2,1H3. The number of halogens is 1. The summed E-state index contributed by atoms with van der Waals surface area (Å²) in [6.07, 6.45) is 0. The van der Waals surface area contributed by atoms with Crippen LogP contribution in [0.5, 0.6) is 0 Å². The molecule has 0 spiro atoms. The van der Waals surface area contributed by atoms with Gasteiger partial charge in [0.15, 0.2) is 0 Å². The monoisotopic (exact) mass is 407 g/mol. The molecule has 1 aliphatic heterocycles. The normalized spacial score (nSPS) is 21.4. The van der Waals surface area contributed by atoms with Crippen molar-refractivity contribution >= 4 is 51.0 Å². The van der Waals surface area contributed by atoms with Crippen molar-refractivity contribution in [2.24, 2.45) is 0 Å². The predicted octanol–water partition coefficient (Wildman–Crippen LogP) is 4.20. The summed E-state index contributed by atoms with van der Waals surface area (Å²) >= 11 is 3.71. The van der Waals surface area contributed by atoms with Gasteiger partial charge in [-0.3, -0.25) is 4.79 Å². The van der Waals surface area contributed by atoms with Crippen LogP contribution in [0.15, 0.2) is 42.5 Å². The van der Waals surface area contributed by atoms with E-state index in [9.17, 15) is 4.79 Å². The summed E-state index contributed by atoms with van der Waals surface area (Å²) < 4.78 is 2.85. The molecule has 2 unspecified atom stereocenters. The fourth-order valence-corrected chi connectivity index (χ4v) is 4.01. The first-order valence-electron chi connectivity index (χ1n) is 6.74. The number of thioether (sulfide) groups is 1. The Bertz CT molecular complexity index is 749. The first-order chi connectivity index (χ1) is 10.2. The minimum absolute atomic E-state index is 0.00233. The Morgan fingerprint density at radius 2 is 2.00 bits per heavy atom. The van der Waals surface area contributed by atoms with Crippen LogP contribution >= 0.6 is 34.4 Å². The third-order valence-electron chi connectivity index (χ3n) is 3.62. The van der Waals surface area contributed by atoms with Gasteiger partial charge in [-0.2, -0.15) is 0 Å². The minimum atomic E-state index is -0.00233. The molecule has 0 radical (unpaired) electrons. The van der Waals surface area contributed by atoms with E-state index in [4.69, 9.17) is 0 Å². The van der Waals surface area contributed by atoms with E-state index >= 15 is 0 Å². The third kappa shape index (κ3) is 2.90. The summed E-state index contributed by atoms with van der Waals surface area (Å²) in [7, 11) is 0. The SMILES string of the molecule is CC1SC(c2ccc3ccccc3c2)N(CC#CI)C1=O. The van der Waals surface area contributed by atoms with Crippen molar-refractivity contribution in [2.75, 3.05) is 6.54 Å². The fraction of sp³-hybridized carbons (Fsp3) is 0.235. The van der Waals surface area contributed by atoms with E-state index < -0.39 is 0 Å². The average molecular weight is 407 g/mol. The van der Waals surface area contributed by atoms with Crippen molar-refractivity contribution in [2.45, 2.75) is 17.5 Å². The molecule has 0 saturated carbocycles. The lowest BCUT2D eigenvalue weighted by molar-refractivity contribution is -0.129. The molecule has 1 fully saturated rings. The van der Waals surface area contributed by atoms with Crippen molar-refractivity contribution in [3.05, 3.63) is 48.0 Å². The summed E-state index contributed by atoms with van der Waals surface area (Å²) in [6, 6.07) is 14.7. The number of hydrogen-bond donors (Lipinski definition) is 0. The molecule has 0 aliphatic carbocycles. The number of nitrogens with zero attached hydrogens (tertiary/aromatic N) is 1. The van der Waals surface area contributed by atoms with Crippen molar-refractivity contribution in [3.8, 4) is 9.85 Å². The van der Waals surface area contributed by atoms with Gasteiger partial charge in [-0.25, -0.2) is 0 Å². The van der Waals surface area contributed by atoms with Crippen molar-refractivity contribution in [1.82, 2.24) is 4.90 Å². The lowest BCUT2D eigenvalue weighted by Crippen LogP contribution is -2.30. The molecule has 0 N–H and O–H groups in total. The Labute approximate surface area is 142 Å². The van der Waals surface area contributed by atoms with Gasteiger partial charge in [-0.15, -0.1) is 11.8 Å². The van der Waals surface area contributed by atoms with Crippen LogP contribution in [-0.4, -0.2) is 22.6 Å². The second-order valence-corrected chi connectivity index (χ2v) is 6.94. The number of carbonyl (C=O) groups is 1. The minimum Gasteiger partial charge on any atom is -0.314 e. The first kappa shape index (κ1) is 14.7. The molecule has 1 heterocycles. The van der Waals surface area contributed by atoms with Crippen molar-refractivity contribution < 1.29 is 4.79 Å². The smallest absolute Gasteiger partial charge is 0.237 e. The van der Waals surface area contributed by atoms with Crippen LogP contribution in [0.25, 0.3) is 10.8 Å². The van der Waals surface area contributed by atoms with Gasteiger partial charge < -0.3 is 4.90 Å². The highest BCUT2D eigenvalue weighted by Gasteiger charge is 2.37. The Kier molecular flexibility index (Phi) is 4.41. The molecule has 3 rings (SSSR count). The summed E-state index contributed by atoms with van der Waals surface area (Å²) in [6.45, 7) is 2.47. The second kappa shape index (κ2) is 6.29. The second-order valence-electron chi connectivity index (χ2n) is 4.97. The van der Waals surface area contributed by atoms with E-state index in [1.165, 1.54) is 16.3 Å². The molecule has 106 valence electrons. The van der Waals surface area contributed by atoms with Gasteiger partial charge in [0.2, 0.25) is 5.91 Å². The highest BCUT2D eigenvalue weighted by Crippen LogP contribution is 2.43. The summed E-state index contributed by atoms with van der Waals surface area (Å²) in [4.78, 5) is 14.2. The highest BCUT2D eigenvalue weighted by molar-refractivity contribution is 14.1. The Morgan fingerprint density at radius 1 is 1.24 bits per heavy atom. The van der Waals surface area contributed by atoms with Gasteiger partial charge >= 0.3 is 0 Å². The van der Waals surface area contributed by atoms with Crippen LogP contribution < -0.4 is 0 Å². The Balaban J connectivity index is 1.98. The van der Waals surface area contributed by atoms with Gasteiger partial charge in [-0.1, -0.05) is 42.3 Å². The van der Waals surface area contributed by atoms with Crippen LogP contribution in [0.4, 0.5) is 0 Å². The molecule has 1 aliphatic rings. The van der Waals surface area contributed by atoms with E-state index in [2.05, 4.69) is 40.2 Å². The molecule has 2 aromatic carbocycles. The lowest BCUT2D eigenvalue weighted by Gasteiger charge is -2.22. The predicted molar refractivity (Wildman–Crippen MR) is 97.3 cm³/mol. The van der Waals surface area contributed by atoms with Crippen molar-refractivity contribution in [3.63, 3.8) is 0 Å². The molecule has 21 heavy (non-hydrogen) atoms. The molecule has 2 nitrogen and oxygen atoms in total. The van der Waals surface area contributed by atoms with E-state index in [0.717, 1.165) is 0 Å². The molecular formula is C17H14INOS. The molecule has 1 saturated heterocycles. The maximum atomic E-state index is 12.3.